The maximum absolute atomic E-state index is 11.7. The molecule has 4 rings (SSSR count). The van der Waals surface area contributed by atoms with E-state index in [0.717, 1.165) is 22.9 Å². The van der Waals surface area contributed by atoms with Crippen LogP contribution < -0.4 is 5.32 Å². The van der Waals surface area contributed by atoms with Gasteiger partial charge in [0.25, 0.3) is 0 Å². The van der Waals surface area contributed by atoms with Gasteiger partial charge in [0.2, 0.25) is 16.0 Å². The molecule has 2 atom stereocenters. The third kappa shape index (κ3) is 4.49. The van der Waals surface area contributed by atoms with Crippen molar-refractivity contribution in [2.24, 2.45) is 0 Å². The number of benzene rings is 1. The molecule has 0 aliphatic carbocycles. The van der Waals surface area contributed by atoms with E-state index in [1.165, 1.54) is 10.5 Å². The summed E-state index contributed by atoms with van der Waals surface area (Å²) in [6.07, 6.45) is 2.20. The summed E-state index contributed by atoms with van der Waals surface area (Å²) in [5, 5.41) is 22.3. The van der Waals surface area contributed by atoms with Crippen LogP contribution in [0.5, 0.6) is 0 Å². The molecule has 0 radical (unpaired) electrons. The maximum Gasteiger partial charge on any atom is 0.223 e. The molecule has 12 heteroatoms. The number of hydrogen-bond acceptors (Lipinski definition) is 8. The highest BCUT2D eigenvalue weighted by Crippen LogP contribution is 2.29. The zero-order valence-electron chi connectivity index (χ0n) is 17.4. The number of aliphatic hydroxyl groups is 1. The van der Waals surface area contributed by atoms with E-state index in [9.17, 15) is 13.5 Å². The van der Waals surface area contributed by atoms with Crippen LogP contribution in [0.4, 0.5) is 5.95 Å². The molecule has 2 unspecified atom stereocenters. The summed E-state index contributed by atoms with van der Waals surface area (Å²) in [5.74, 6) is 0.312. The first-order valence-electron chi connectivity index (χ1n) is 9.91. The molecule has 10 nitrogen and oxygen atoms in total. The molecule has 2 aromatic heterocycles. The highest BCUT2D eigenvalue weighted by Gasteiger charge is 2.32. The van der Waals surface area contributed by atoms with Gasteiger partial charge in [-0.25, -0.2) is 23.1 Å². The second kappa shape index (κ2) is 8.30. The minimum absolute atomic E-state index is 0.0276. The lowest BCUT2D eigenvalue weighted by atomic mass is 10.0. The zero-order chi connectivity index (χ0) is 22.3. The van der Waals surface area contributed by atoms with Gasteiger partial charge >= 0.3 is 0 Å². The fraction of sp³-hybridized carbons (Fsp3) is 0.474. The van der Waals surface area contributed by atoms with Crippen molar-refractivity contribution >= 4 is 38.6 Å². The molecule has 166 valence electrons. The van der Waals surface area contributed by atoms with Crippen molar-refractivity contribution in [3.63, 3.8) is 0 Å². The third-order valence-corrected chi connectivity index (χ3v) is 6.85. The van der Waals surface area contributed by atoms with Crippen molar-refractivity contribution in [2.45, 2.75) is 38.5 Å². The average molecular weight is 466 g/mol. The number of anilines is 1. The van der Waals surface area contributed by atoms with Crippen molar-refractivity contribution in [1.82, 2.24) is 29.3 Å². The van der Waals surface area contributed by atoms with Gasteiger partial charge in [-0.2, -0.15) is 4.31 Å². The molecular formula is C19H24ClN7O3S. The van der Waals surface area contributed by atoms with Crippen LogP contribution in [-0.4, -0.2) is 74.3 Å². The predicted molar refractivity (Wildman–Crippen MR) is 118 cm³/mol. The summed E-state index contributed by atoms with van der Waals surface area (Å²) in [7, 11) is -3.34. The lowest BCUT2D eigenvalue weighted by Crippen LogP contribution is -2.51. The first kappa shape index (κ1) is 21.9. The number of nitrogens with one attached hydrogen (secondary N) is 1. The largest absolute Gasteiger partial charge is 0.390 e. The molecule has 1 aliphatic heterocycles. The van der Waals surface area contributed by atoms with Gasteiger partial charge in [-0.3, -0.25) is 0 Å². The molecule has 0 amide bonds. The first-order chi connectivity index (χ1) is 14.6. The van der Waals surface area contributed by atoms with E-state index in [0.29, 0.717) is 29.6 Å². The fourth-order valence-corrected chi connectivity index (χ4v) is 4.70. The highest BCUT2D eigenvalue weighted by atomic mass is 35.5. The average Bonchev–Trinajstić information content (AvgIpc) is 3.13. The Kier molecular flexibility index (Phi) is 5.86. The maximum atomic E-state index is 11.7. The van der Waals surface area contributed by atoms with Gasteiger partial charge in [-0.1, -0.05) is 22.9 Å². The molecule has 1 saturated heterocycles. The molecule has 0 saturated carbocycles. The van der Waals surface area contributed by atoms with Crippen molar-refractivity contribution in [1.29, 1.82) is 0 Å². The van der Waals surface area contributed by atoms with Gasteiger partial charge in [-0.15, -0.1) is 5.10 Å². The second-order valence-corrected chi connectivity index (χ2v) is 10.3. The Bertz CT molecular complexity index is 1210. The van der Waals surface area contributed by atoms with E-state index < -0.39 is 16.1 Å². The molecule has 3 aromatic rings. The quantitative estimate of drug-likeness (QED) is 0.585. The summed E-state index contributed by atoms with van der Waals surface area (Å²) in [6, 6.07) is 5.46. The number of aliphatic hydroxyl groups excluding tert-OH is 1. The molecule has 3 heterocycles. The number of halogens is 1. The highest BCUT2D eigenvalue weighted by molar-refractivity contribution is 7.88. The summed E-state index contributed by atoms with van der Waals surface area (Å²) in [5.41, 5.74) is 2.99. The number of sulfonamides is 1. The van der Waals surface area contributed by atoms with Gasteiger partial charge < -0.3 is 10.4 Å². The van der Waals surface area contributed by atoms with Gasteiger partial charge in [0.15, 0.2) is 0 Å². The molecule has 0 bridgehead atoms. The smallest absolute Gasteiger partial charge is 0.223 e. The topological polar surface area (TPSA) is 126 Å². The molecular weight excluding hydrogens is 442 g/mol. The van der Waals surface area contributed by atoms with Crippen molar-refractivity contribution in [3.8, 4) is 11.3 Å². The molecule has 1 aromatic carbocycles. The number of nitrogens with zero attached hydrogens (tertiary/aromatic N) is 6. The first-order valence-corrected chi connectivity index (χ1v) is 12.1. The van der Waals surface area contributed by atoms with Crippen LogP contribution in [0.2, 0.25) is 5.02 Å². The second-order valence-electron chi connectivity index (χ2n) is 7.95. The summed E-state index contributed by atoms with van der Waals surface area (Å²) < 4.78 is 26.5. The minimum atomic E-state index is -3.34. The van der Waals surface area contributed by atoms with Gasteiger partial charge in [0.1, 0.15) is 5.52 Å². The number of fused-ring (bicyclic) bond motifs is 1. The standard InChI is InChI=1S/C19H24ClN7O3S/c1-11(2)27-16-8-12(4-5-14(16)24-25-27)18-13(20)9-21-19(23-18)22-15-6-7-26(10-17(15)28)31(3,29)30/h4-5,8-9,11,15,17,28H,6-7,10H2,1-3H3,(H,21,22,23). The Balaban J connectivity index is 1.60. The zero-order valence-corrected chi connectivity index (χ0v) is 19.0. The van der Waals surface area contributed by atoms with E-state index >= 15 is 0 Å². The van der Waals surface area contributed by atoms with E-state index in [2.05, 4.69) is 25.6 Å². The predicted octanol–water partition coefficient (Wildman–Crippen LogP) is 1.93. The molecule has 2 N–H and O–H groups in total. The lowest BCUT2D eigenvalue weighted by Gasteiger charge is -2.34. The van der Waals surface area contributed by atoms with Crippen LogP contribution in [0.15, 0.2) is 24.4 Å². The van der Waals surface area contributed by atoms with Crippen LogP contribution in [0, 0.1) is 0 Å². The number of rotatable bonds is 5. The van der Waals surface area contributed by atoms with Crippen LogP contribution >= 0.6 is 11.6 Å². The monoisotopic (exact) mass is 465 g/mol. The molecule has 0 spiro atoms. The minimum Gasteiger partial charge on any atom is -0.390 e. The van der Waals surface area contributed by atoms with Crippen molar-refractivity contribution in [3.05, 3.63) is 29.4 Å². The van der Waals surface area contributed by atoms with Gasteiger partial charge in [0.05, 0.1) is 40.8 Å². The Morgan fingerprint density at radius 3 is 2.77 bits per heavy atom. The van der Waals surface area contributed by atoms with E-state index in [1.807, 2.05) is 36.7 Å². The summed E-state index contributed by atoms with van der Waals surface area (Å²) >= 11 is 6.39. The van der Waals surface area contributed by atoms with Crippen molar-refractivity contribution < 1.29 is 13.5 Å². The van der Waals surface area contributed by atoms with E-state index in [1.54, 1.807) is 0 Å². The normalized spacial score (nSPS) is 20.5. The number of β-amino-alcohol motifs (C(OH)–C–C–N with tert-alkyl or cyclic N) is 1. The third-order valence-electron chi connectivity index (χ3n) is 5.31. The van der Waals surface area contributed by atoms with Crippen molar-refractivity contribution in [2.75, 3.05) is 24.7 Å². The molecule has 1 fully saturated rings. The van der Waals surface area contributed by atoms with Crippen LogP contribution in [-0.2, 0) is 10.0 Å². The van der Waals surface area contributed by atoms with Crippen LogP contribution in [0.3, 0.4) is 0 Å². The Morgan fingerprint density at radius 1 is 1.32 bits per heavy atom. The fourth-order valence-electron chi connectivity index (χ4n) is 3.64. The summed E-state index contributed by atoms with van der Waals surface area (Å²) in [6.45, 7) is 4.40. The number of hydrogen-bond donors (Lipinski definition) is 2. The molecule has 1 aliphatic rings. The lowest BCUT2D eigenvalue weighted by molar-refractivity contribution is 0.0950. The van der Waals surface area contributed by atoms with Gasteiger partial charge in [0, 0.05) is 24.7 Å². The van der Waals surface area contributed by atoms with Crippen LogP contribution in [0.1, 0.15) is 26.3 Å². The van der Waals surface area contributed by atoms with E-state index in [4.69, 9.17) is 11.6 Å². The number of piperidine rings is 1. The Labute approximate surface area is 185 Å². The molecule has 31 heavy (non-hydrogen) atoms. The van der Waals surface area contributed by atoms with Gasteiger partial charge in [-0.05, 0) is 32.4 Å². The Hall–Kier alpha value is -2.34. The number of aromatic nitrogens is 5. The SMILES string of the molecule is CC(C)n1nnc2ccc(-c3nc(NC4CCN(S(C)(=O)=O)CC4O)ncc3Cl)cc21. The Morgan fingerprint density at radius 2 is 2.10 bits per heavy atom. The summed E-state index contributed by atoms with van der Waals surface area (Å²) in [4.78, 5) is 8.79. The van der Waals surface area contributed by atoms with E-state index in [-0.39, 0.29) is 18.6 Å². The van der Waals surface area contributed by atoms with Crippen LogP contribution in [0.25, 0.3) is 22.3 Å².